The minimum Gasteiger partial charge on any atom is -0.317 e. The molecule has 19 heavy (non-hydrogen) atoms. The molecule has 2 rings (SSSR count). The first-order valence-electron chi connectivity index (χ1n) is 5.05. The van der Waals surface area contributed by atoms with E-state index in [4.69, 9.17) is 23.2 Å². The average molecular weight is 303 g/mol. The molecule has 0 fully saturated rings. The summed E-state index contributed by atoms with van der Waals surface area (Å²) in [5.41, 5.74) is -0.655. The van der Waals surface area contributed by atoms with Crippen LogP contribution in [0.3, 0.4) is 0 Å². The van der Waals surface area contributed by atoms with E-state index < -0.39 is 23.2 Å². The lowest BCUT2D eigenvalue weighted by Gasteiger charge is -2.09. The van der Waals surface area contributed by atoms with Crippen LogP contribution < -0.4 is 5.32 Å². The van der Waals surface area contributed by atoms with Crippen molar-refractivity contribution in [2.75, 3.05) is 5.32 Å². The molecule has 0 spiro atoms. The number of anilines is 1. The Morgan fingerprint density at radius 2 is 1.63 bits per heavy atom. The zero-order valence-corrected chi connectivity index (χ0v) is 10.8. The van der Waals surface area contributed by atoms with Crippen LogP contribution in [0.15, 0.2) is 30.6 Å². The van der Waals surface area contributed by atoms with Gasteiger partial charge in [-0.2, -0.15) is 0 Å². The molecule has 1 aromatic carbocycles. The van der Waals surface area contributed by atoms with Crippen molar-refractivity contribution in [3.8, 4) is 0 Å². The van der Waals surface area contributed by atoms with E-state index >= 15 is 0 Å². The number of halogens is 4. The maximum Gasteiger partial charge on any atom is 0.258 e. The molecule has 1 aromatic heterocycles. The summed E-state index contributed by atoms with van der Waals surface area (Å²) in [5, 5.41) is 2.25. The normalized spacial score (nSPS) is 10.3. The van der Waals surface area contributed by atoms with Crippen molar-refractivity contribution in [1.82, 2.24) is 4.98 Å². The summed E-state index contributed by atoms with van der Waals surface area (Å²) in [6.07, 6.45) is 1.57. The van der Waals surface area contributed by atoms with Crippen LogP contribution in [0.1, 0.15) is 10.4 Å². The van der Waals surface area contributed by atoms with E-state index in [1.807, 2.05) is 0 Å². The lowest BCUT2D eigenvalue weighted by Crippen LogP contribution is -2.15. The predicted octanol–water partition coefficient (Wildman–Crippen LogP) is 3.92. The van der Waals surface area contributed by atoms with Gasteiger partial charge in [0.2, 0.25) is 0 Å². The van der Waals surface area contributed by atoms with E-state index in [1.54, 1.807) is 6.07 Å². The number of carbonyl (C=O) groups is 1. The minimum absolute atomic E-state index is 0.0542. The first-order valence-corrected chi connectivity index (χ1v) is 5.80. The topological polar surface area (TPSA) is 42.0 Å². The molecule has 1 N–H and O–H groups in total. The van der Waals surface area contributed by atoms with Crippen molar-refractivity contribution in [1.29, 1.82) is 0 Å². The minimum atomic E-state index is -0.989. The summed E-state index contributed by atoms with van der Waals surface area (Å²) in [5.74, 6) is -2.78. The fraction of sp³-hybridized carbons (Fsp3) is 0. The molecule has 0 aliphatic heterocycles. The third-order valence-corrected chi connectivity index (χ3v) is 2.91. The third kappa shape index (κ3) is 2.83. The van der Waals surface area contributed by atoms with Gasteiger partial charge in [0.05, 0.1) is 28.0 Å². The van der Waals surface area contributed by atoms with Gasteiger partial charge < -0.3 is 5.32 Å². The molecule has 7 heteroatoms. The highest BCUT2D eigenvalue weighted by Gasteiger charge is 2.18. The first kappa shape index (κ1) is 13.7. The molecule has 2 aromatic rings. The molecule has 0 aliphatic rings. The van der Waals surface area contributed by atoms with Gasteiger partial charge in [-0.15, -0.1) is 0 Å². The Bertz CT molecular complexity index is 609. The highest BCUT2D eigenvalue weighted by molar-refractivity contribution is 6.40. The summed E-state index contributed by atoms with van der Waals surface area (Å²) in [7, 11) is 0. The Hall–Kier alpha value is -1.72. The Labute approximate surface area is 117 Å². The largest absolute Gasteiger partial charge is 0.317 e. The lowest BCUT2D eigenvalue weighted by atomic mass is 10.2. The summed E-state index contributed by atoms with van der Waals surface area (Å²) < 4.78 is 26.7. The molecular weight excluding hydrogens is 297 g/mol. The fourth-order valence-electron chi connectivity index (χ4n) is 1.42. The standard InChI is InChI=1S/C12H6Cl2F2N2O/c13-6-2-1-3-7(14)10(6)12(19)18-11-8(15)4-17-5-9(11)16/h1-5H,(H,17,18,19). The number of pyridine rings is 1. The zero-order chi connectivity index (χ0) is 14.0. The maximum atomic E-state index is 13.3. The molecule has 0 saturated carbocycles. The maximum absolute atomic E-state index is 13.3. The smallest absolute Gasteiger partial charge is 0.258 e. The number of amides is 1. The van der Waals surface area contributed by atoms with Crippen LogP contribution in [0.4, 0.5) is 14.5 Å². The van der Waals surface area contributed by atoms with Gasteiger partial charge in [-0.25, -0.2) is 8.78 Å². The number of nitrogens with zero attached hydrogens (tertiary/aromatic N) is 1. The molecule has 0 aliphatic carbocycles. The van der Waals surface area contributed by atoms with Crippen LogP contribution in [-0.2, 0) is 0 Å². The van der Waals surface area contributed by atoms with E-state index in [9.17, 15) is 13.6 Å². The molecular formula is C12H6Cl2F2N2O. The summed E-state index contributed by atoms with van der Waals surface area (Å²) in [4.78, 5) is 15.2. The van der Waals surface area contributed by atoms with E-state index in [0.717, 1.165) is 12.4 Å². The van der Waals surface area contributed by atoms with Crippen LogP contribution in [0.5, 0.6) is 0 Å². The number of aromatic nitrogens is 1. The van der Waals surface area contributed by atoms with Gasteiger partial charge in [0.1, 0.15) is 5.69 Å². The zero-order valence-electron chi connectivity index (χ0n) is 9.25. The van der Waals surface area contributed by atoms with E-state index in [2.05, 4.69) is 10.3 Å². The molecule has 98 valence electrons. The molecule has 1 heterocycles. The quantitative estimate of drug-likeness (QED) is 0.913. The van der Waals surface area contributed by atoms with Crippen molar-refractivity contribution < 1.29 is 13.6 Å². The second kappa shape index (κ2) is 5.50. The van der Waals surface area contributed by atoms with Crippen LogP contribution in [0.25, 0.3) is 0 Å². The lowest BCUT2D eigenvalue weighted by molar-refractivity contribution is 0.102. The van der Waals surface area contributed by atoms with Gasteiger partial charge in [-0.1, -0.05) is 29.3 Å². The molecule has 0 radical (unpaired) electrons. The van der Waals surface area contributed by atoms with Crippen molar-refractivity contribution in [2.24, 2.45) is 0 Å². The number of rotatable bonds is 2. The number of hydrogen-bond donors (Lipinski definition) is 1. The van der Waals surface area contributed by atoms with Crippen LogP contribution >= 0.6 is 23.2 Å². The summed E-state index contributed by atoms with van der Waals surface area (Å²) >= 11 is 11.7. The molecule has 3 nitrogen and oxygen atoms in total. The Morgan fingerprint density at radius 1 is 1.11 bits per heavy atom. The Balaban J connectivity index is 2.37. The van der Waals surface area contributed by atoms with Crippen molar-refractivity contribution in [3.05, 3.63) is 57.8 Å². The van der Waals surface area contributed by atoms with Gasteiger partial charge in [-0.05, 0) is 12.1 Å². The molecule has 0 atom stereocenters. The van der Waals surface area contributed by atoms with Crippen LogP contribution in [-0.4, -0.2) is 10.9 Å². The Morgan fingerprint density at radius 3 is 2.16 bits per heavy atom. The van der Waals surface area contributed by atoms with Gasteiger partial charge in [-0.3, -0.25) is 9.78 Å². The number of nitrogens with one attached hydrogen (secondary N) is 1. The summed E-state index contributed by atoms with van der Waals surface area (Å²) in [6.45, 7) is 0. The van der Waals surface area contributed by atoms with Crippen molar-refractivity contribution in [2.45, 2.75) is 0 Å². The van der Waals surface area contributed by atoms with Crippen molar-refractivity contribution >= 4 is 34.8 Å². The highest BCUT2D eigenvalue weighted by atomic mass is 35.5. The van der Waals surface area contributed by atoms with Gasteiger partial charge in [0.25, 0.3) is 5.91 Å². The predicted molar refractivity (Wildman–Crippen MR) is 68.6 cm³/mol. The monoisotopic (exact) mass is 302 g/mol. The highest BCUT2D eigenvalue weighted by Crippen LogP contribution is 2.26. The third-order valence-electron chi connectivity index (χ3n) is 2.28. The van der Waals surface area contributed by atoms with Crippen LogP contribution in [0, 0.1) is 11.6 Å². The molecule has 0 unspecified atom stereocenters. The van der Waals surface area contributed by atoms with E-state index in [0.29, 0.717) is 0 Å². The second-order valence-corrected chi connectivity index (χ2v) is 4.34. The molecule has 1 amide bonds. The second-order valence-electron chi connectivity index (χ2n) is 3.53. The van der Waals surface area contributed by atoms with Gasteiger partial charge >= 0.3 is 0 Å². The van der Waals surface area contributed by atoms with E-state index in [-0.39, 0.29) is 15.6 Å². The van der Waals surface area contributed by atoms with Gasteiger partial charge in [0.15, 0.2) is 11.6 Å². The first-order chi connectivity index (χ1) is 9.00. The molecule has 0 saturated heterocycles. The number of carbonyl (C=O) groups excluding carboxylic acids is 1. The number of benzene rings is 1. The average Bonchev–Trinajstić information content (AvgIpc) is 2.34. The van der Waals surface area contributed by atoms with Gasteiger partial charge in [0, 0.05) is 0 Å². The summed E-state index contributed by atoms with van der Waals surface area (Å²) in [6, 6.07) is 4.44. The molecule has 0 bridgehead atoms. The Kier molecular flexibility index (Phi) is 3.97. The SMILES string of the molecule is O=C(Nc1c(F)cncc1F)c1c(Cl)cccc1Cl. The van der Waals surface area contributed by atoms with Crippen LogP contribution in [0.2, 0.25) is 10.0 Å². The number of hydrogen-bond acceptors (Lipinski definition) is 2. The van der Waals surface area contributed by atoms with Crippen molar-refractivity contribution in [3.63, 3.8) is 0 Å². The fourth-order valence-corrected chi connectivity index (χ4v) is 1.99. The van der Waals surface area contributed by atoms with E-state index in [1.165, 1.54) is 12.1 Å².